The fourth-order valence-corrected chi connectivity index (χ4v) is 1.97. The molecule has 1 aromatic heterocycles. The molecule has 1 atom stereocenters. The van der Waals surface area contributed by atoms with E-state index in [-0.39, 0.29) is 11.9 Å². The summed E-state index contributed by atoms with van der Waals surface area (Å²) in [5, 5.41) is 9.81. The number of halogens is 1. The second-order valence-electron chi connectivity index (χ2n) is 5.48. The zero-order chi connectivity index (χ0) is 14.5. The Labute approximate surface area is 114 Å². The molecule has 1 aromatic rings. The molecule has 0 bridgehead atoms. The van der Waals surface area contributed by atoms with Crippen molar-refractivity contribution in [3.05, 3.63) is 29.8 Å². The van der Waals surface area contributed by atoms with E-state index < -0.39 is 5.60 Å². The summed E-state index contributed by atoms with van der Waals surface area (Å²) < 4.78 is 12.8. The molecule has 0 aliphatic rings. The molecule has 3 N–H and O–H groups in total. The summed E-state index contributed by atoms with van der Waals surface area (Å²) >= 11 is 0. The highest BCUT2D eigenvalue weighted by molar-refractivity contribution is 5.09. The zero-order valence-electron chi connectivity index (χ0n) is 11.9. The number of aliphatic hydroxyl groups is 1. The van der Waals surface area contributed by atoms with Crippen LogP contribution < -0.4 is 5.73 Å². The first kappa shape index (κ1) is 16.0. The van der Waals surface area contributed by atoms with Gasteiger partial charge in [0.1, 0.15) is 5.82 Å². The molecule has 1 heterocycles. The van der Waals surface area contributed by atoms with Crippen LogP contribution in [0.15, 0.2) is 18.3 Å². The summed E-state index contributed by atoms with van der Waals surface area (Å²) in [6, 6.07) is 2.78. The molecular weight excluding hydrogens is 245 g/mol. The van der Waals surface area contributed by atoms with Gasteiger partial charge in [0.25, 0.3) is 0 Å². The van der Waals surface area contributed by atoms with Gasteiger partial charge in [-0.3, -0.25) is 4.98 Å². The largest absolute Gasteiger partial charge is 0.389 e. The third kappa shape index (κ3) is 6.09. The van der Waals surface area contributed by atoms with E-state index in [4.69, 9.17) is 5.73 Å². The van der Waals surface area contributed by atoms with E-state index in [1.807, 2.05) is 6.92 Å². The van der Waals surface area contributed by atoms with E-state index >= 15 is 0 Å². The van der Waals surface area contributed by atoms with E-state index in [0.717, 1.165) is 19.5 Å². The van der Waals surface area contributed by atoms with Crippen molar-refractivity contribution in [2.24, 2.45) is 5.73 Å². The summed E-state index contributed by atoms with van der Waals surface area (Å²) in [5.41, 5.74) is 6.02. The Balaban J connectivity index is 2.48. The second-order valence-corrected chi connectivity index (χ2v) is 5.48. The van der Waals surface area contributed by atoms with Gasteiger partial charge < -0.3 is 15.7 Å². The molecule has 0 saturated carbocycles. The molecule has 19 heavy (non-hydrogen) atoms. The highest BCUT2D eigenvalue weighted by atomic mass is 19.1. The molecule has 0 aromatic carbocycles. The summed E-state index contributed by atoms with van der Waals surface area (Å²) in [4.78, 5) is 6.13. The second kappa shape index (κ2) is 6.93. The van der Waals surface area contributed by atoms with Crippen molar-refractivity contribution >= 4 is 0 Å². The van der Waals surface area contributed by atoms with Gasteiger partial charge in [-0.25, -0.2) is 4.39 Å². The molecular formula is C14H24FN3O. The van der Waals surface area contributed by atoms with Crippen LogP contribution in [0.5, 0.6) is 0 Å². The molecule has 0 saturated heterocycles. The first-order chi connectivity index (χ1) is 8.81. The summed E-state index contributed by atoms with van der Waals surface area (Å²) in [6.07, 6.45) is 1.91. The molecule has 0 radical (unpaired) electrons. The number of hydrogen-bond acceptors (Lipinski definition) is 4. The van der Waals surface area contributed by atoms with Crippen molar-refractivity contribution in [1.82, 2.24) is 9.88 Å². The maximum atomic E-state index is 12.8. The number of rotatable bonds is 7. The van der Waals surface area contributed by atoms with Crippen LogP contribution in [0.2, 0.25) is 0 Å². The van der Waals surface area contributed by atoms with Gasteiger partial charge in [0.05, 0.1) is 17.5 Å². The number of pyridine rings is 1. The highest BCUT2D eigenvalue weighted by Crippen LogP contribution is 2.13. The predicted molar refractivity (Wildman–Crippen MR) is 74.2 cm³/mol. The van der Waals surface area contributed by atoms with Gasteiger partial charge in [-0.05, 0) is 38.9 Å². The predicted octanol–water partition coefficient (Wildman–Crippen LogP) is 1.70. The molecule has 0 aliphatic heterocycles. The number of likely N-dealkylation sites (N-methyl/N-ethyl adjacent to an activating group) is 1. The maximum absolute atomic E-state index is 12.8. The molecule has 4 nitrogen and oxygen atoms in total. The van der Waals surface area contributed by atoms with Gasteiger partial charge in [0.2, 0.25) is 0 Å². The number of nitrogens with zero attached hydrogens (tertiary/aromatic N) is 2. The lowest BCUT2D eigenvalue weighted by atomic mass is 10.1. The molecule has 1 rings (SSSR count). The van der Waals surface area contributed by atoms with E-state index in [1.165, 1.54) is 12.3 Å². The smallest absolute Gasteiger partial charge is 0.141 e. The summed E-state index contributed by atoms with van der Waals surface area (Å²) in [5.74, 6) is -0.354. The Morgan fingerprint density at radius 2 is 2.16 bits per heavy atom. The maximum Gasteiger partial charge on any atom is 0.141 e. The first-order valence-electron chi connectivity index (χ1n) is 6.63. The Bertz CT molecular complexity index is 375. The van der Waals surface area contributed by atoms with Crippen molar-refractivity contribution in [1.29, 1.82) is 0 Å². The van der Waals surface area contributed by atoms with Gasteiger partial charge in [-0.1, -0.05) is 6.92 Å². The normalized spacial score (nSPS) is 13.8. The lowest BCUT2D eigenvalue weighted by Gasteiger charge is -2.28. The SMILES string of the molecule is CCN(CCC(N)c1ccc(F)cn1)CC(C)(C)O. The van der Waals surface area contributed by atoms with Crippen LogP contribution in [0.3, 0.4) is 0 Å². The van der Waals surface area contributed by atoms with Crippen LogP contribution in [-0.4, -0.2) is 40.2 Å². The highest BCUT2D eigenvalue weighted by Gasteiger charge is 2.18. The minimum absolute atomic E-state index is 0.212. The minimum Gasteiger partial charge on any atom is -0.389 e. The van der Waals surface area contributed by atoms with Gasteiger partial charge in [-0.2, -0.15) is 0 Å². The van der Waals surface area contributed by atoms with Crippen molar-refractivity contribution in [3.63, 3.8) is 0 Å². The van der Waals surface area contributed by atoms with E-state index in [2.05, 4.69) is 9.88 Å². The van der Waals surface area contributed by atoms with Gasteiger partial charge >= 0.3 is 0 Å². The van der Waals surface area contributed by atoms with E-state index in [9.17, 15) is 9.50 Å². The zero-order valence-corrected chi connectivity index (χ0v) is 11.9. The summed E-state index contributed by atoms with van der Waals surface area (Å²) in [7, 11) is 0. The molecule has 0 spiro atoms. The Morgan fingerprint density at radius 1 is 1.47 bits per heavy atom. The van der Waals surface area contributed by atoms with Crippen LogP contribution in [0.4, 0.5) is 4.39 Å². The van der Waals surface area contributed by atoms with E-state index in [0.29, 0.717) is 12.2 Å². The molecule has 0 amide bonds. The third-order valence-electron chi connectivity index (χ3n) is 2.94. The number of aromatic nitrogens is 1. The fraction of sp³-hybridized carbons (Fsp3) is 0.643. The molecule has 1 unspecified atom stereocenters. The van der Waals surface area contributed by atoms with Crippen molar-refractivity contribution < 1.29 is 9.50 Å². The van der Waals surface area contributed by atoms with Crippen LogP contribution in [0, 0.1) is 5.82 Å². The van der Waals surface area contributed by atoms with Crippen LogP contribution >= 0.6 is 0 Å². The van der Waals surface area contributed by atoms with Gasteiger partial charge in [-0.15, -0.1) is 0 Å². The third-order valence-corrected chi connectivity index (χ3v) is 2.94. The Morgan fingerprint density at radius 3 is 2.63 bits per heavy atom. The summed E-state index contributed by atoms with van der Waals surface area (Å²) in [6.45, 7) is 7.86. The van der Waals surface area contributed by atoms with Crippen molar-refractivity contribution in [3.8, 4) is 0 Å². The minimum atomic E-state index is -0.714. The average Bonchev–Trinajstić information content (AvgIpc) is 2.33. The molecule has 108 valence electrons. The van der Waals surface area contributed by atoms with Crippen molar-refractivity contribution in [2.45, 2.75) is 38.8 Å². The van der Waals surface area contributed by atoms with Crippen molar-refractivity contribution in [2.75, 3.05) is 19.6 Å². The van der Waals surface area contributed by atoms with Crippen LogP contribution in [0.1, 0.15) is 38.9 Å². The lowest BCUT2D eigenvalue weighted by Crippen LogP contribution is -2.39. The topological polar surface area (TPSA) is 62.4 Å². The van der Waals surface area contributed by atoms with Crippen LogP contribution in [0.25, 0.3) is 0 Å². The molecule has 0 fully saturated rings. The molecule has 5 heteroatoms. The monoisotopic (exact) mass is 269 g/mol. The Kier molecular flexibility index (Phi) is 5.85. The standard InChI is InChI=1S/C14H24FN3O/c1-4-18(10-14(2,3)19)8-7-12(16)13-6-5-11(15)9-17-13/h5-6,9,12,19H,4,7-8,10,16H2,1-3H3. The number of nitrogens with two attached hydrogens (primary N) is 1. The number of hydrogen-bond donors (Lipinski definition) is 2. The quantitative estimate of drug-likeness (QED) is 0.791. The van der Waals surface area contributed by atoms with E-state index in [1.54, 1.807) is 19.9 Å². The lowest BCUT2D eigenvalue weighted by molar-refractivity contribution is 0.0369. The Hall–Kier alpha value is -1.04. The van der Waals surface area contributed by atoms with Gasteiger partial charge in [0.15, 0.2) is 0 Å². The first-order valence-corrected chi connectivity index (χ1v) is 6.63. The average molecular weight is 269 g/mol. The molecule has 0 aliphatic carbocycles. The van der Waals surface area contributed by atoms with Gasteiger partial charge in [0, 0.05) is 19.1 Å². The fourth-order valence-electron chi connectivity index (χ4n) is 1.97. The van der Waals surface area contributed by atoms with Crippen LogP contribution in [-0.2, 0) is 0 Å².